The summed E-state index contributed by atoms with van der Waals surface area (Å²) >= 11 is 0. The quantitative estimate of drug-likeness (QED) is 0.784. The third-order valence-corrected chi connectivity index (χ3v) is 4.52. The number of aliphatic carboxylic acids is 1. The van der Waals surface area contributed by atoms with Gasteiger partial charge in [0.25, 0.3) is 0 Å². The summed E-state index contributed by atoms with van der Waals surface area (Å²) in [5.41, 5.74) is 0. The average molecular weight is 298 g/mol. The first kappa shape index (κ1) is 18.0. The van der Waals surface area contributed by atoms with Crippen molar-refractivity contribution in [2.24, 2.45) is 0 Å². The molecule has 122 valence electrons. The molecule has 1 aliphatic rings. The van der Waals surface area contributed by atoms with Crippen molar-refractivity contribution in [1.82, 2.24) is 9.80 Å². The normalized spacial score (nSPS) is 24.3. The van der Waals surface area contributed by atoms with E-state index >= 15 is 0 Å². The molecule has 3 unspecified atom stereocenters. The first-order valence-corrected chi connectivity index (χ1v) is 8.05. The maximum atomic E-state index is 12.8. The maximum Gasteiger partial charge on any atom is 0.303 e. The molecule has 1 N–H and O–H groups in total. The van der Waals surface area contributed by atoms with Crippen LogP contribution >= 0.6 is 0 Å². The highest BCUT2D eigenvalue weighted by Crippen LogP contribution is 2.27. The molecule has 0 saturated carbocycles. The van der Waals surface area contributed by atoms with Gasteiger partial charge in [-0.3, -0.25) is 14.5 Å². The summed E-state index contributed by atoms with van der Waals surface area (Å²) in [4.78, 5) is 27.5. The van der Waals surface area contributed by atoms with E-state index in [2.05, 4.69) is 18.7 Å². The highest BCUT2D eigenvalue weighted by Gasteiger charge is 2.36. The molecule has 0 aromatic rings. The Morgan fingerprint density at radius 3 is 2.14 bits per heavy atom. The maximum absolute atomic E-state index is 12.8. The van der Waals surface area contributed by atoms with Crippen LogP contribution in [0.1, 0.15) is 60.3 Å². The van der Waals surface area contributed by atoms with Gasteiger partial charge in [0.1, 0.15) is 0 Å². The van der Waals surface area contributed by atoms with Crippen molar-refractivity contribution in [2.75, 3.05) is 6.54 Å². The van der Waals surface area contributed by atoms with Crippen molar-refractivity contribution in [3.05, 3.63) is 0 Å². The summed E-state index contributed by atoms with van der Waals surface area (Å²) in [5.74, 6) is -0.683. The minimum absolute atomic E-state index is 0.0990. The van der Waals surface area contributed by atoms with Crippen LogP contribution in [0.5, 0.6) is 0 Å². The first-order chi connectivity index (χ1) is 9.75. The van der Waals surface area contributed by atoms with Crippen molar-refractivity contribution < 1.29 is 14.7 Å². The van der Waals surface area contributed by atoms with Crippen LogP contribution in [-0.2, 0) is 9.59 Å². The Kier molecular flexibility index (Phi) is 6.65. The molecule has 1 amide bonds. The van der Waals surface area contributed by atoms with E-state index in [4.69, 9.17) is 5.11 Å². The summed E-state index contributed by atoms with van der Waals surface area (Å²) in [6.07, 6.45) is 2.90. The fourth-order valence-corrected chi connectivity index (χ4v) is 3.37. The minimum atomic E-state index is -0.805. The van der Waals surface area contributed by atoms with E-state index < -0.39 is 5.97 Å². The fourth-order valence-electron chi connectivity index (χ4n) is 3.37. The number of carbonyl (C=O) groups is 2. The van der Waals surface area contributed by atoms with E-state index in [1.54, 1.807) is 0 Å². The largest absolute Gasteiger partial charge is 0.481 e. The topological polar surface area (TPSA) is 60.9 Å². The van der Waals surface area contributed by atoms with Crippen LogP contribution < -0.4 is 0 Å². The van der Waals surface area contributed by atoms with E-state index in [-0.39, 0.29) is 24.4 Å². The molecule has 3 atom stereocenters. The Balaban J connectivity index is 2.68. The number of amides is 1. The van der Waals surface area contributed by atoms with Crippen LogP contribution in [0.2, 0.25) is 0 Å². The molecule has 0 aliphatic carbocycles. The van der Waals surface area contributed by atoms with Gasteiger partial charge in [-0.2, -0.15) is 0 Å². The number of rotatable bonds is 7. The van der Waals surface area contributed by atoms with Gasteiger partial charge in [0.15, 0.2) is 0 Å². The zero-order chi connectivity index (χ0) is 16.2. The van der Waals surface area contributed by atoms with Gasteiger partial charge in [0.05, 0.1) is 6.04 Å². The number of nitrogens with zero attached hydrogens (tertiary/aromatic N) is 2. The molecule has 1 aliphatic heterocycles. The monoisotopic (exact) mass is 298 g/mol. The van der Waals surface area contributed by atoms with Gasteiger partial charge in [-0.1, -0.05) is 0 Å². The minimum Gasteiger partial charge on any atom is -0.481 e. The highest BCUT2D eigenvalue weighted by molar-refractivity contribution is 5.82. The van der Waals surface area contributed by atoms with Gasteiger partial charge >= 0.3 is 5.97 Å². The van der Waals surface area contributed by atoms with Crippen molar-refractivity contribution >= 4 is 11.9 Å². The van der Waals surface area contributed by atoms with Crippen molar-refractivity contribution in [3.8, 4) is 0 Å². The summed E-state index contributed by atoms with van der Waals surface area (Å²) in [7, 11) is 0. The Morgan fingerprint density at radius 1 is 1.19 bits per heavy atom. The van der Waals surface area contributed by atoms with Crippen LogP contribution in [0.25, 0.3) is 0 Å². The molecule has 0 radical (unpaired) electrons. The van der Waals surface area contributed by atoms with Gasteiger partial charge < -0.3 is 10.0 Å². The van der Waals surface area contributed by atoms with Crippen LogP contribution in [0, 0.1) is 0 Å². The number of likely N-dealkylation sites (tertiary alicyclic amines) is 1. The highest BCUT2D eigenvalue weighted by atomic mass is 16.4. The zero-order valence-corrected chi connectivity index (χ0v) is 14.0. The Labute approximate surface area is 128 Å². The zero-order valence-electron chi connectivity index (χ0n) is 14.0. The van der Waals surface area contributed by atoms with Crippen molar-refractivity contribution in [3.63, 3.8) is 0 Å². The molecule has 0 aromatic heterocycles. The van der Waals surface area contributed by atoms with Crippen LogP contribution in [0.3, 0.4) is 0 Å². The molecule has 0 bridgehead atoms. The first-order valence-electron chi connectivity index (χ1n) is 8.05. The second-order valence-corrected chi connectivity index (χ2v) is 6.52. The molecule has 21 heavy (non-hydrogen) atoms. The lowest BCUT2D eigenvalue weighted by Crippen LogP contribution is -2.52. The van der Waals surface area contributed by atoms with Gasteiger partial charge in [-0.05, 0) is 53.9 Å². The predicted octanol–water partition coefficient (Wildman–Crippen LogP) is 2.35. The molecule has 1 rings (SSSR count). The van der Waals surface area contributed by atoms with Crippen LogP contribution in [0.4, 0.5) is 0 Å². The molecular formula is C16H30N2O3. The third kappa shape index (κ3) is 4.70. The summed E-state index contributed by atoms with van der Waals surface area (Å²) in [5, 5.41) is 8.74. The molecule has 1 saturated heterocycles. The van der Waals surface area contributed by atoms with Gasteiger partial charge in [0.2, 0.25) is 5.91 Å². The van der Waals surface area contributed by atoms with Gasteiger partial charge in [-0.15, -0.1) is 0 Å². The lowest BCUT2D eigenvalue weighted by Gasteiger charge is -2.36. The number of carbonyl (C=O) groups excluding carboxylic acids is 1. The number of hydrogen-bond donors (Lipinski definition) is 1. The Hall–Kier alpha value is -1.10. The fraction of sp³-hybridized carbons (Fsp3) is 0.875. The second kappa shape index (κ2) is 7.78. The smallest absolute Gasteiger partial charge is 0.303 e. The average Bonchev–Trinajstić information content (AvgIpc) is 2.72. The molecule has 0 aromatic carbocycles. The number of hydrogen-bond acceptors (Lipinski definition) is 3. The summed E-state index contributed by atoms with van der Waals surface area (Å²) in [6, 6.07) is 0.839. The molecule has 0 spiro atoms. The predicted molar refractivity (Wildman–Crippen MR) is 83.2 cm³/mol. The van der Waals surface area contributed by atoms with Crippen LogP contribution in [0.15, 0.2) is 0 Å². The lowest BCUT2D eigenvalue weighted by molar-refractivity contribution is -0.141. The standard InChI is InChI=1S/C16H30N2O3/c1-11(2)17(10-6-7-15(19)20)16(21)14(5)18-12(3)8-9-13(18)4/h11-14H,6-10H2,1-5H3,(H,19,20). The summed E-state index contributed by atoms with van der Waals surface area (Å²) < 4.78 is 0. The van der Waals surface area contributed by atoms with Crippen molar-refractivity contribution in [2.45, 2.75) is 84.5 Å². The summed E-state index contributed by atoms with van der Waals surface area (Å²) in [6.45, 7) is 10.8. The molecule has 5 nitrogen and oxygen atoms in total. The van der Waals surface area contributed by atoms with E-state index in [0.29, 0.717) is 25.0 Å². The van der Waals surface area contributed by atoms with Crippen molar-refractivity contribution in [1.29, 1.82) is 0 Å². The van der Waals surface area contributed by atoms with E-state index in [9.17, 15) is 9.59 Å². The SMILES string of the molecule is CC(C)N(CCCC(=O)O)C(=O)C(C)N1C(C)CCC1C. The lowest BCUT2D eigenvalue weighted by atomic mass is 10.1. The Bertz CT molecular complexity index is 361. The second-order valence-electron chi connectivity index (χ2n) is 6.52. The molecule has 1 fully saturated rings. The molecule has 1 heterocycles. The van der Waals surface area contributed by atoms with Crippen LogP contribution in [-0.4, -0.2) is 57.5 Å². The van der Waals surface area contributed by atoms with Gasteiger partial charge in [0, 0.05) is 31.1 Å². The van der Waals surface area contributed by atoms with E-state index in [0.717, 1.165) is 12.8 Å². The molecular weight excluding hydrogens is 268 g/mol. The molecule has 5 heteroatoms. The van der Waals surface area contributed by atoms with E-state index in [1.165, 1.54) is 0 Å². The van der Waals surface area contributed by atoms with Gasteiger partial charge in [-0.25, -0.2) is 0 Å². The van der Waals surface area contributed by atoms with E-state index in [1.807, 2.05) is 25.7 Å². The number of carboxylic acids is 1. The Morgan fingerprint density at radius 2 is 1.71 bits per heavy atom. The third-order valence-electron chi connectivity index (χ3n) is 4.52. The number of carboxylic acid groups (broad SMARTS) is 1.